The monoisotopic (exact) mass is 373 g/mol. The molecule has 6 nitrogen and oxygen atoms in total. The number of aromatic nitrogens is 2. The Hall–Kier alpha value is -3.13. The van der Waals surface area contributed by atoms with Crippen molar-refractivity contribution in [3.63, 3.8) is 0 Å². The van der Waals surface area contributed by atoms with Crippen LogP contribution in [0.3, 0.4) is 0 Å². The Labute approximate surface area is 153 Å². The molecule has 1 aromatic carbocycles. The summed E-state index contributed by atoms with van der Waals surface area (Å²) >= 11 is 0. The molecule has 0 aliphatic carbocycles. The number of ketones is 1. The predicted octanol–water partition coefficient (Wildman–Crippen LogP) is 2.75. The van der Waals surface area contributed by atoms with E-state index in [1.807, 2.05) is 0 Å². The average molecular weight is 373 g/mol. The molecular formula is C19H17F2N3O3. The molecule has 8 heteroatoms. The van der Waals surface area contributed by atoms with E-state index < -0.39 is 34.5 Å². The van der Waals surface area contributed by atoms with E-state index >= 15 is 0 Å². The molecule has 3 aromatic rings. The van der Waals surface area contributed by atoms with Crippen LogP contribution in [0.25, 0.3) is 11.0 Å². The first-order valence-corrected chi connectivity index (χ1v) is 8.21. The number of fused-ring (bicyclic) bond motifs is 1. The van der Waals surface area contributed by atoms with Crippen LogP contribution < -0.4 is 5.73 Å². The van der Waals surface area contributed by atoms with Crippen molar-refractivity contribution >= 4 is 22.7 Å². The van der Waals surface area contributed by atoms with Crippen molar-refractivity contribution in [3.8, 4) is 0 Å². The molecule has 0 radical (unpaired) electrons. The number of hydrogen-bond donors (Lipinski definition) is 2. The number of benzene rings is 1. The highest BCUT2D eigenvalue weighted by molar-refractivity contribution is 6.16. The highest BCUT2D eigenvalue weighted by Crippen LogP contribution is 2.25. The van der Waals surface area contributed by atoms with E-state index in [1.54, 1.807) is 19.4 Å². The van der Waals surface area contributed by atoms with Gasteiger partial charge in [0.25, 0.3) is 5.91 Å². The molecule has 0 aliphatic heterocycles. The Bertz CT molecular complexity index is 1030. The Morgan fingerprint density at radius 1 is 1.26 bits per heavy atom. The van der Waals surface area contributed by atoms with Crippen LogP contribution in [-0.4, -0.2) is 35.4 Å². The molecular weight excluding hydrogens is 356 g/mol. The third kappa shape index (κ3) is 3.56. The molecule has 0 spiro atoms. The fourth-order valence-corrected chi connectivity index (χ4v) is 2.88. The number of methoxy groups -OCH3 is 1. The van der Waals surface area contributed by atoms with Gasteiger partial charge in [-0.2, -0.15) is 0 Å². The minimum Gasteiger partial charge on any atom is -0.385 e. The zero-order valence-corrected chi connectivity index (χ0v) is 14.5. The Kier molecular flexibility index (Phi) is 5.27. The lowest BCUT2D eigenvalue weighted by Gasteiger charge is -2.07. The van der Waals surface area contributed by atoms with Gasteiger partial charge in [0.1, 0.15) is 17.3 Å². The second-order valence-corrected chi connectivity index (χ2v) is 6.02. The number of carbonyl (C=O) groups excluding carboxylic acids is 2. The molecule has 3 N–H and O–H groups in total. The molecule has 0 saturated carbocycles. The first-order valence-electron chi connectivity index (χ1n) is 8.21. The third-order valence-electron chi connectivity index (χ3n) is 4.23. The summed E-state index contributed by atoms with van der Waals surface area (Å²) in [4.78, 5) is 31.2. The zero-order chi connectivity index (χ0) is 19.6. The van der Waals surface area contributed by atoms with Gasteiger partial charge in [-0.05, 0) is 36.6 Å². The number of H-pyrrole nitrogens is 1. The average Bonchev–Trinajstić information content (AvgIpc) is 3.04. The van der Waals surface area contributed by atoms with Gasteiger partial charge in [-0.3, -0.25) is 9.59 Å². The fraction of sp³-hybridized carbons (Fsp3) is 0.211. The lowest BCUT2D eigenvalue weighted by Crippen LogP contribution is -2.17. The maximum absolute atomic E-state index is 14.5. The quantitative estimate of drug-likeness (QED) is 0.491. The van der Waals surface area contributed by atoms with Gasteiger partial charge in [0, 0.05) is 37.1 Å². The van der Waals surface area contributed by atoms with E-state index in [-0.39, 0.29) is 5.56 Å². The molecule has 1 amide bonds. The van der Waals surface area contributed by atoms with Crippen molar-refractivity contribution in [2.24, 2.45) is 5.73 Å². The molecule has 2 aromatic heterocycles. The Morgan fingerprint density at radius 2 is 2.04 bits per heavy atom. The molecule has 0 unspecified atom stereocenters. The van der Waals surface area contributed by atoms with Gasteiger partial charge in [-0.25, -0.2) is 13.8 Å². The van der Waals surface area contributed by atoms with Crippen molar-refractivity contribution in [1.29, 1.82) is 0 Å². The van der Waals surface area contributed by atoms with Crippen molar-refractivity contribution in [1.82, 2.24) is 9.97 Å². The van der Waals surface area contributed by atoms with Gasteiger partial charge >= 0.3 is 0 Å². The number of nitrogens with zero attached hydrogens (tertiary/aromatic N) is 1. The Balaban J connectivity index is 2.05. The van der Waals surface area contributed by atoms with Gasteiger partial charge in [0.15, 0.2) is 0 Å². The van der Waals surface area contributed by atoms with Crippen molar-refractivity contribution in [2.75, 3.05) is 13.7 Å². The summed E-state index contributed by atoms with van der Waals surface area (Å²) in [7, 11) is 1.60. The van der Waals surface area contributed by atoms with Crippen LogP contribution in [-0.2, 0) is 11.2 Å². The second kappa shape index (κ2) is 7.63. The standard InChI is InChI=1S/C19H17F2N3O3/c1-27-6-2-3-10-7-12-13(9-24-19(12)23-8-10)17(25)15-14(20)5-4-11(16(15)21)18(22)26/h4-5,7-9H,2-3,6H2,1H3,(H2,22,26)(H,23,24). The second-order valence-electron chi connectivity index (χ2n) is 6.02. The smallest absolute Gasteiger partial charge is 0.251 e. The fourth-order valence-electron chi connectivity index (χ4n) is 2.88. The first-order chi connectivity index (χ1) is 12.9. The third-order valence-corrected chi connectivity index (χ3v) is 4.23. The number of amides is 1. The number of aryl methyl sites for hydroxylation is 1. The van der Waals surface area contributed by atoms with E-state index in [0.717, 1.165) is 24.1 Å². The van der Waals surface area contributed by atoms with Gasteiger partial charge in [0.2, 0.25) is 5.78 Å². The number of ether oxygens (including phenoxy) is 1. The number of nitrogens with one attached hydrogen (secondary N) is 1. The molecule has 0 atom stereocenters. The zero-order valence-electron chi connectivity index (χ0n) is 14.5. The number of nitrogens with two attached hydrogens (primary N) is 1. The van der Waals surface area contributed by atoms with E-state index in [1.165, 1.54) is 6.20 Å². The summed E-state index contributed by atoms with van der Waals surface area (Å²) < 4.78 is 33.7. The van der Waals surface area contributed by atoms with Crippen LogP contribution in [0.1, 0.15) is 38.3 Å². The van der Waals surface area contributed by atoms with Crippen LogP contribution in [0, 0.1) is 11.6 Å². The van der Waals surface area contributed by atoms with Crippen LogP contribution in [0.5, 0.6) is 0 Å². The topological polar surface area (TPSA) is 98.1 Å². The molecule has 0 bridgehead atoms. The van der Waals surface area contributed by atoms with Crippen LogP contribution in [0.4, 0.5) is 8.78 Å². The van der Waals surface area contributed by atoms with Crippen molar-refractivity contribution < 1.29 is 23.1 Å². The summed E-state index contributed by atoms with van der Waals surface area (Å²) in [5.74, 6) is -4.31. The summed E-state index contributed by atoms with van der Waals surface area (Å²) in [5.41, 5.74) is 5.06. The normalized spacial score (nSPS) is 11.1. The molecule has 2 heterocycles. The number of pyridine rings is 1. The lowest BCUT2D eigenvalue weighted by atomic mass is 9.99. The van der Waals surface area contributed by atoms with Crippen molar-refractivity contribution in [3.05, 3.63) is 64.5 Å². The van der Waals surface area contributed by atoms with Crippen molar-refractivity contribution in [2.45, 2.75) is 12.8 Å². The largest absolute Gasteiger partial charge is 0.385 e. The summed E-state index contributed by atoms with van der Waals surface area (Å²) in [6.07, 6.45) is 4.45. The highest BCUT2D eigenvalue weighted by atomic mass is 19.1. The summed E-state index contributed by atoms with van der Waals surface area (Å²) in [6.45, 7) is 0.577. The number of carbonyl (C=O) groups is 2. The number of halogens is 2. The number of hydrogen-bond acceptors (Lipinski definition) is 4. The molecule has 140 valence electrons. The van der Waals surface area contributed by atoms with Gasteiger partial charge < -0.3 is 15.5 Å². The maximum Gasteiger partial charge on any atom is 0.251 e. The molecule has 3 rings (SSSR count). The SMILES string of the molecule is COCCCc1cnc2[nH]cc(C(=O)c3c(F)ccc(C(N)=O)c3F)c2c1. The van der Waals surface area contributed by atoms with Crippen LogP contribution in [0.2, 0.25) is 0 Å². The number of aromatic amines is 1. The van der Waals surface area contributed by atoms with E-state index in [0.29, 0.717) is 24.1 Å². The molecule has 0 saturated heterocycles. The molecule has 0 aliphatic rings. The number of rotatable bonds is 7. The maximum atomic E-state index is 14.5. The van der Waals surface area contributed by atoms with Gasteiger partial charge in [0.05, 0.1) is 11.1 Å². The van der Waals surface area contributed by atoms with Crippen LogP contribution >= 0.6 is 0 Å². The Morgan fingerprint density at radius 3 is 2.74 bits per heavy atom. The highest BCUT2D eigenvalue weighted by Gasteiger charge is 2.25. The minimum atomic E-state index is -1.27. The predicted molar refractivity (Wildman–Crippen MR) is 94.6 cm³/mol. The van der Waals surface area contributed by atoms with Gasteiger partial charge in [-0.1, -0.05) is 0 Å². The first kappa shape index (κ1) is 18.7. The summed E-state index contributed by atoms with van der Waals surface area (Å²) in [6, 6.07) is 3.50. The molecule has 0 fully saturated rings. The summed E-state index contributed by atoms with van der Waals surface area (Å²) in [5, 5.41) is 0.443. The van der Waals surface area contributed by atoms with Gasteiger partial charge in [-0.15, -0.1) is 0 Å². The van der Waals surface area contributed by atoms with Crippen LogP contribution in [0.15, 0.2) is 30.6 Å². The van der Waals surface area contributed by atoms with E-state index in [4.69, 9.17) is 10.5 Å². The lowest BCUT2D eigenvalue weighted by molar-refractivity contribution is 0.0996. The van der Waals surface area contributed by atoms with E-state index in [9.17, 15) is 18.4 Å². The minimum absolute atomic E-state index is 0.0607. The number of primary amides is 1. The van der Waals surface area contributed by atoms with E-state index in [2.05, 4.69) is 9.97 Å². The molecule has 27 heavy (non-hydrogen) atoms.